The van der Waals surface area contributed by atoms with Gasteiger partial charge in [-0.1, -0.05) is 41.9 Å². The second kappa shape index (κ2) is 8.62. The van der Waals surface area contributed by atoms with Gasteiger partial charge in [-0.15, -0.1) is 0 Å². The molecule has 156 valence electrons. The first-order chi connectivity index (χ1) is 14.9. The fraction of sp³-hybridized carbons (Fsp3) is 0.125. The van der Waals surface area contributed by atoms with Gasteiger partial charge in [-0.25, -0.2) is 4.98 Å². The summed E-state index contributed by atoms with van der Waals surface area (Å²) in [4.78, 5) is 35.6. The number of benzene rings is 2. The molecule has 0 saturated carbocycles. The lowest BCUT2D eigenvalue weighted by Crippen LogP contribution is -2.32. The molecule has 0 aliphatic rings. The van der Waals surface area contributed by atoms with E-state index in [1.165, 1.54) is 6.20 Å². The number of H-pyrrole nitrogens is 1. The number of halogens is 1. The number of hydrogen-bond acceptors (Lipinski definition) is 4. The maximum Gasteiger partial charge on any atom is 0.253 e. The second-order valence-corrected chi connectivity index (χ2v) is 7.82. The number of aromatic nitrogens is 2. The van der Waals surface area contributed by atoms with Crippen LogP contribution in [-0.4, -0.2) is 30.0 Å². The maximum atomic E-state index is 13.3. The normalized spacial score (nSPS) is 11.8. The lowest BCUT2D eigenvalue weighted by atomic mass is 9.98. The molecule has 0 aliphatic carbocycles. The number of amides is 1. The predicted octanol–water partition coefficient (Wildman–Crippen LogP) is 4.16. The summed E-state index contributed by atoms with van der Waals surface area (Å²) in [7, 11) is 3.76. The number of hydrogen-bond donors (Lipinski definition) is 2. The number of carbonyl (C=O) groups is 1. The van der Waals surface area contributed by atoms with Crippen molar-refractivity contribution in [1.82, 2.24) is 15.3 Å². The van der Waals surface area contributed by atoms with Crippen LogP contribution >= 0.6 is 11.6 Å². The van der Waals surface area contributed by atoms with Crippen molar-refractivity contribution in [3.63, 3.8) is 0 Å². The summed E-state index contributed by atoms with van der Waals surface area (Å²) in [6, 6.07) is 17.3. The highest BCUT2D eigenvalue weighted by Crippen LogP contribution is 2.23. The van der Waals surface area contributed by atoms with Crippen molar-refractivity contribution in [2.75, 3.05) is 19.0 Å². The van der Waals surface area contributed by atoms with E-state index in [0.717, 1.165) is 11.4 Å². The lowest BCUT2D eigenvalue weighted by Gasteiger charge is -2.20. The molecule has 0 spiro atoms. The molecule has 0 bridgehead atoms. The van der Waals surface area contributed by atoms with Crippen molar-refractivity contribution < 1.29 is 4.79 Å². The average molecular weight is 433 g/mol. The molecule has 2 N–H and O–H groups in total. The summed E-state index contributed by atoms with van der Waals surface area (Å²) in [6.45, 7) is 0. The van der Waals surface area contributed by atoms with E-state index in [1.807, 2.05) is 49.3 Å². The molecule has 2 aromatic heterocycles. The minimum absolute atomic E-state index is 0.166. The maximum absolute atomic E-state index is 13.3. The van der Waals surface area contributed by atoms with E-state index < -0.39 is 6.04 Å². The highest BCUT2D eigenvalue weighted by atomic mass is 35.5. The first kappa shape index (κ1) is 20.6. The third-order valence-electron chi connectivity index (χ3n) is 5.06. The predicted molar refractivity (Wildman–Crippen MR) is 124 cm³/mol. The highest BCUT2D eigenvalue weighted by molar-refractivity contribution is 6.31. The van der Waals surface area contributed by atoms with Gasteiger partial charge < -0.3 is 15.2 Å². The monoisotopic (exact) mass is 432 g/mol. The molecular weight excluding hydrogens is 412 g/mol. The van der Waals surface area contributed by atoms with E-state index in [0.29, 0.717) is 27.1 Å². The number of aromatic amines is 1. The van der Waals surface area contributed by atoms with E-state index in [9.17, 15) is 9.59 Å². The topological polar surface area (TPSA) is 78.1 Å². The van der Waals surface area contributed by atoms with Gasteiger partial charge in [-0.2, -0.15) is 0 Å². The molecule has 0 radical (unpaired) electrons. The van der Waals surface area contributed by atoms with E-state index in [2.05, 4.69) is 15.3 Å². The number of rotatable bonds is 5. The summed E-state index contributed by atoms with van der Waals surface area (Å²) < 4.78 is 0. The number of nitrogens with zero attached hydrogens (tertiary/aromatic N) is 2. The molecule has 1 unspecified atom stereocenters. The Morgan fingerprint density at radius 3 is 2.55 bits per heavy atom. The van der Waals surface area contributed by atoms with Crippen LogP contribution in [0.1, 0.15) is 27.5 Å². The number of fused-ring (bicyclic) bond motifs is 1. The van der Waals surface area contributed by atoms with E-state index in [-0.39, 0.29) is 11.3 Å². The molecule has 0 saturated heterocycles. The van der Waals surface area contributed by atoms with Crippen molar-refractivity contribution >= 4 is 34.2 Å². The third kappa shape index (κ3) is 4.29. The minimum atomic E-state index is -0.633. The van der Waals surface area contributed by atoms with Gasteiger partial charge in [0.2, 0.25) is 0 Å². The number of nitrogens with one attached hydrogen (secondary N) is 2. The molecule has 6 nitrogen and oxygen atoms in total. The zero-order valence-corrected chi connectivity index (χ0v) is 17.9. The average Bonchev–Trinajstić information content (AvgIpc) is 2.78. The van der Waals surface area contributed by atoms with Gasteiger partial charge in [0.15, 0.2) is 5.43 Å². The number of anilines is 1. The fourth-order valence-corrected chi connectivity index (χ4v) is 3.58. The van der Waals surface area contributed by atoms with Crippen LogP contribution in [0.25, 0.3) is 10.9 Å². The molecule has 2 heterocycles. The molecule has 4 aromatic rings. The zero-order chi connectivity index (χ0) is 22.0. The van der Waals surface area contributed by atoms with Gasteiger partial charge in [0.25, 0.3) is 5.91 Å². The van der Waals surface area contributed by atoms with Gasteiger partial charge in [-0.05, 0) is 35.9 Å². The van der Waals surface area contributed by atoms with Crippen LogP contribution in [0.5, 0.6) is 0 Å². The van der Waals surface area contributed by atoms with Crippen LogP contribution in [0.15, 0.2) is 77.9 Å². The zero-order valence-electron chi connectivity index (χ0n) is 17.1. The van der Waals surface area contributed by atoms with E-state index in [1.54, 1.807) is 36.5 Å². The van der Waals surface area contributed by atoms with Crippen LogP contribution in [0.4, 0.5) is 5.82 Å². The number of carbonyl (C=O) groups excluding carboxylic acids is 1. The second-order valence-electron chi connectivity index (χ2n) is 7.38. The Hall–Kier alpha value is -3.64. The summed E-state index contributed by atoms with van der Waals surface area (Å²) in [6.07, 6.45) is 3.16. The molecule has 2 aromatic carbocycles. The smallest absolute Gasteiger partial charge is 0.253 e. The standard InChI is InChI=1S/C24H21ClN4O2/c1-29(2)21-11-8-16(13-27-21)24(31)28-22(15-6-4-3-5-7-15)19-14-26-20-12-17(25)9-10-18(20)23(19)30/h3-14,22H,1-2H3,(H,26,30)(H,28,31). The fourth-order valence-electron chi connectivity index (χ4n) is 3.41. The summed E-state index contributed by atoms with van der Waals surface area (Å²) >= 11 is 6.05. The first-order valence-corrected chi connectivity index (χ1v) is 10.1. The van der Waals surface area contributed by atoms with Gasteiger partial charge in [0.1, 0.15) is 5.82 Å². The Bertz CT molecular complexity index is 1280. The Kier molecular flexibility index (Phi) is 5.73. The SMILES string of the molecule is CN(C)c1ccc(C(=O)NC(c2ccccc2)c2c[nH]c3cc(Cl)ccc3c2=O)cn1. The quantitative estimate of drug-likeness (QED) is 0.496. The third-order valence-corrected chi connectivity index (χ3v) is 5.29. The van der Waals surface area contributed by atoms with Crippen molar-refractivity contribution in [2.24, 2.45) is 0 Å². The Balaban J connectivity index is 1.75. The largest absolute Gasteiger partial charge is 0.363 e. The highest BCUT2D eigenvalue weighted by Gasteiger charge is 2.22. The minimum Gasteiger partial charge on any atom is -0.363 e. The number of pyridine rings is 2. The molecule has 0 fully saturated rings. The van der Waals surface area contributed by atoms with Crippen molar-refractivity contribution in [2.45, 2.75) is 6.04 Å². The van der Waals surface area contributed by atoms with Gasteiger partial charge in [-0.3, -0.25) is 9.59 Å². The van der Waals surface area contributed by atoms with E-state index in [4.69, 9.17) is 11.6 Å². The van der Waals surface area contributed by atoms with Crippen molar-refractivity contribution in [1.29, 1.82) is 0 Å². The summed E-state index contributed by atoms with van der Waals surface area (Å²) in [5.74, 6) is 0.433. The van der Waals surface area contributed by atoms with Crippen molar-refractivity contribution in [3.05, 3.63) is 105 Å². The van der Waals surface area contributed by atoms with Crippen molar-refractivity contribution in [3.8, 4) is 0 Å². The molecule has 1 atom stereocenters. The molecule has 7 heteroatoms. The van der Waals surface area contributed by atoms with Gasteiger partial charge in [0, 0.05) is 42.5 Å². The Morgan fingerprint density at radius 1 is 1.10 bits per heavy atom. The Morgan fingerprint density at radius 2 is 1.87 bits per heavy atom. The molecule has 31 heavy (non-hydrogen) atoms. The van der Waals surface area contributed by atoms with Crippen LogP contribution in [0.2, 0.25) is 5.02 Å². The first-order valence-electron chi connectivity index (χ1n) is 9.74. The van der Waals surface area contributed by atoms with Crippen LogP contribution in [-0.2, 0) is 0 Å². The Labute approximate surface area is 184 Å². The molecule has 1 amide bonds. The van der Waals surface area contributed by atoms with Crippen LogP contribution in [0, 0.1) is 0 Å². The van der Waals surface area contributed by atoms with Gasteiger partial charge in [0.05, 0.1) is 17.1 Å². The lowest BCUT2D eigenvalue weighted by molar-refractivity contribution is 0.0942. The van der Waals surface area contributed by atoms with Crippen LogP contribution in [0.3, 0.4) is 0 Å². The molecular formula is C24H21ClN4O2. The van der Waals surface area contributed by atoms with Crippen LogP contribution < -0.4 is 15.6 Å². The molecule has 4 rings (SSSR count). The summed E-state index contributed by atoms with van der Waals surface area (Å²) in [5.41, 5.74) is 2.12. The van der Waals surface area contributed by atoms with Gasteiger partial charge >= 0.3 is 0 Å². The van der Waals surface area contributed by atoms with E-state index >= 15 is 0 Å². The summed E-state index contributed by atoms with van der Waals surface area (Å²) in [5, 5.41) is 4.04. The molecule has 0 aliphatic heterocycles.